The zero-order valence-corrected chi connectivity index (χ0v) is 17.4. The maximum Gasteiger partial charge on any atom is 0.209 e. The molecule has 154 valence electrons. The fraction of sp³-hybridized carbons (Fsp3) is 0.727. The van der Waals surface area contributed by atoms with Crippen LogP contribution in [0, 0.1) is 0 Å². The molecule has 0 aliphatic carbocycles. The summed E-state index contributed by atoms with van der Waals surface area (Å²) in [4.78, 5) is 15.5. The van der Waals surface area contributed by atoms with Crippen molar-refractivity contribution < 1.29 is 14.4 Å². The van der Waals surface area contributed by atoms with Crippen LogP contribution in [-0.4, -0.2) is 29.0 Å². The van der Waals surface area contributed by atoms with E-state index in [0.717, 1.165) is 25.1 Å². The van der Waals surface area contributed by atoms with Crippen molar-refractivity contribution in [2.45, 2.75) is 97.1 Å². The second-order valence-electron chi connectivity index (χ2n) is 7.67. The first kappa shape index (κ1) is 23.6. The minimum atomic E-state index is -1.09. The maximum absolute atomic E-state index is 11.1. The Hall–Kier alpha value is -1.46. The fourth-order valence-corrected chi connectivity index (χ4v) is 3.56. The predicted molar refractivity (Wildman–Crippen MR) is 111 cm³/mol. The normalized spacial score (nSPS) is 20.3. The van der Waals surface area contributed by atoms with Gasteiger partial charge in [0, 0.05) is 13.3 Å². The Morgan fingerprint density at radius 2 is 1.70 bits per heavy atom. The molecule has 0 fully saturated rings. The molecule has 0 aromatic rings. The summed E-state index contributed by atoms with van der Waals surface area (Å²) in [7, 11) is 0. The number of carbonyl (C=O) groups is 1. The number of unbranched alkanes of at least 4 members (excludes halogenated alkanes) is 9. The van der Waals surface area contributed by atoms with E-state index in [0.29, 0.717) is 0 Å². The molecule has 0 aromatic heterocycles. The van der Waals surface area contributed by atoms with Gasteiger partial charge in [-0.3, -0.25) is 5.73 Å². The molecule has 1 aliphatic rings. The monoisotopic (exact) mass is 377 g/mol. The summed E-state index contributed by atoms with van der Waals surface area (Å²) in [5.74, 6) is -0.240. The summed E-state index contributed by atoms with van der Waals surface area (Å²) >= 11 is 0. The Labute approximate surface area is 165 Å². The molecule has 0 bridgehead atoms. The standard InChI is InChI=1S/C22H39N3O2/c1-3-4-5-6-7-8-9-10-11-12-13-14-15-16-21-24-17-18-25(21,20(2)23)19-22(26)27/h6-7,17-18,20H,3-5,8-16,19,23H2,1-2H3/b7-6+. The van der Waals surface area contributed by atoms with E-state index in [-0.39, 0.29) is 17.2 Å². The van der Waals surface area contributed by atoms with Crippen molar-refractivity contribution in [2.24, 2.45) is 10.7 Å². The lowest BCUT2D eigenvalue weighted by Crippen LogP contribution is -2.60. The van der Waals surface area contributed by atoms with Crippen LogP contribution in [0.5, 0.6) is 0 Å². The highest BCUT2D eigenvalue weighted by Crippen LogP contribution is 2.23. The highest BCUT2D eigenvalue weighted by atomic mass is 16.4. The Bertz CT molecular complexity index is 512. The van der Waals surface area contributed by atoms with E-state index in [4.69, 9.17) is 5.73 Å². The summed E-state index contributed by atoms with van der Waals surface area (Å²) in [6.45, 7) is 3.92. The highest BCUT2D eigenvalue weighted by Gasteiger charge is 2.38. The van der Waals surface area contributed by atoms with Gasteiger partial charge in [-0.1, -0.05) is 64.0 Å². The summed E-state index contributed by atoms with van der Waals surface area (Å²) < 4.78 is 0.105. The smallest absolute Gasteiger partial charge is 0.209 e. The van der Waals surface area contributed by atoms with Gasteiger partial charge in [-0.15, -0.1) is 0 Å². The molecule has 2 unspecified atom stereocenters. The number of carboxylic acid groups (broad SMARTS) is 1. The summed E-state index contributed by atoms with van der Waals surface area (Å²) in [6, 6.07) is 0. The Balaban J connectivity index is 2.11. The van der Waals surface area contributed by atoms with Crippen molar-refractivity contribution >= 4 is 11.8 Å². The molecule has 0 saturated carbocycles. The number of carboxylic acids is 1. The quantitative estimate of drug-likeness (QED) is 0.251. The van der Waals surface area contributed by atoms with Crippen molar-refractivity contribution in [2.75, 3.05) is 6.54 Å². The number of aliphatic carboxylic acids is 1. The average Bonchev–Trinajstić information content (AvgIpc) is 3.02. The van der Waals surface area contributed by atoms with Crippen LogP contribution in [0.2, 0.25) is 0 Å². The zero-order valence-electron chi connectivity index (χ0n) is 17.4. The van der Waals surface area contributed by atoms with Crippen molar-refractivity contribution in [3.8, 4) is 0 Å². The van der Waals surface area contributed by atoms with Crippen LogP contribution < -0.4 is 10.8 Å². The van der Waals surface area contributed by atoms with E-state index in [9.17, 15) is 9.90 Å². The van der Waals surface area contributed by atoms with Gasteiger partial charge in [-0.05, 0) is 25.7 Å². The number of carbonyl (C=O) groups excluding carboxylic acids is 1. The van der Waals surface area contributed by atoms with Crippen molar-refractivity contribution in [3.63, 3.8) is 0 Å². The van der Waals surface area contributed by atoms with E-state index in [1.165, 1.54) is 57.8 Å². The van der Waals surface area contributed by atoms with E-state index >= 15 is 0 Å². The molecule has 0 aromatic carbocycles. The van der Waals surface area contributed by atoms with Crippen LogP contribution in [0.1, 0.15) is 90.9 Å². The van der Waals surface area contributed by atoms with Gasteiger partial charge in [0.05, 0.1) is 12.2 Å². The lowest BCUT2D eigenvalue weighted by atomic mass is 10.1. The van der Waals surface area contributed by atoms with Gasteiger partial charge >= 0.3 is 0 Å². The molecule has 1 heterocycles. The van der Waals surface area contributed by atoms with E-state index in [2.05, 4.69) is 24.1 Å². The maximum atomic E-state index is 11.1. The van der Waals surface area contributed by atoms with Gasteiger partial charge in [0.25, 0.3) is 0 Å². The van der Waals surface area contributed by atoms with E-state index in [1.54, 1.807) is 12.4 Å². The van der Waals surface area contributed by atoms with Crippen molar-refractivity contribution in [3.05, 3.63) is 24.6 Å². The third-order valence-corrected chi connectivity index (χ3v) is 5.32. The summed E-state index contributed by atoms with van der Waals surface area (Å²) in [6.07, 6.45) is 22.2. The summed E-state index contributed by atoms with van der Waals surface area (Å²) in [5.41, 5.74) is 6.06. The number of aliphatic imine (C=N–C) groups is 1. The van der Waals surface area contributed by atoms with Crippen LogP contribution in [0.25, 0.3) is 0 Å². The van der Waals surface area contributed by atoms with Gasteiger partial charge in [0.15, 0.2) is 0 Å². The van der Waals surface area contributed by atoms with Crippen LogP contribution in [-0.2, 0) is 4.79 Å². The van der Waals surface area contributed by atoms with Gasteiger partial charge < -0.3 is 9.90 Å². The second-order valence-corrected chi connectivity index (χ2v) is 7.67. The van der Waals surface area contributed by atoms with Gasteiger partial charge in [-0.25, -0.2) is 9.48 Å². The minimum Gasteiger partial charge on any atom is -0.544 e. The van der Waals surface area contributed by atoms with E-state index < -0.39 is 5.97 Å². The van der Waals surface area contributed by atoms with Crippen LogP contribution >= 0.6 is 0 Å². The molecule has 0 radical (unpaired) electrons. The third kappa shape index (κ3) is 8.85. The number of hydrogen-bond acceptors (Lipinski definition) is 4. The number of nitrogens with two attached hydrogens (primary N) is 1. The minimum absolute atomic E-state index is 0.105. The first-order valence-electron chi connectivity index (χ1n) is 10.8. The molecule has 5 nitrogen and oxygen atoms in total. The predicted octanol–water partition coefficient (Wildman–Crippen LogP) is 4.00. The number of amidine groups is 1. The lowest BCUT2D eigenvalue weighted by Gasteiger charge is -2.36. The first-order valence-corrected chi connectivity index (χ1v) is 10.8. The van der Waals surface area contributed by atoms with Gasteiger partial charge in [-0.2, -0.15) is 0 Å². The highest BCUT2D eigenvalue weighted by molar-refractivity contribution is 5.81. The molecule has 1 rings (SSSR count). The van der Waals surface area contributed by atoms with Crippen LogP contribution in [0.3, 0.4) is 0 Å². The van der Waals surface area contributed by atoms with Gasteiger partial charge in [0.1, 0.15) is 18.9 Å². The van der Waals surface area contributed by atoms with E-state index in [1.807, 2.05) is 6.92 Å². The Morgan fingerprint density at radius 3 is 2.30 bits per heavy atom. The molecule has 1 aliphatic heterocycles. The van der Waals surface area contributed by atoms with Crippen molar-refractivity contribution in [1.82, 2.24) is 0 Å². The molecule has 27 heavy (non-hydrogen) atoms. The van der Waals surface area contributed by atoms with Crippen LogP contribution in [0.4, 0.5) is 0 Å². The lowest BCUT2D eigenvalue weighted by molar-refractivity contribution is -0.808. The number of hydrogen-bond donors (Lipinski definition) is 1. The van der Waals surface area contributed by atoms with Gasteiger partial charge in [0.2, 0.25) is 5.84 Å². The SMILES string of the molecule is CCCC/C=C/CCCCCCCCCC1=NC=C[N+]1(CC(=O)[O-])C(C)N. The molecular weight excluding hydrogens is 338 g/mol. The number of quaternary nitrogens is 1. The molecule has 0 spiro atoms. The number of allylic oxidation sites excluding steroid dienone is 2. The summed E-state index contributed by atoms with van der Waals surface area (Å²) in [5, 5.41) is 11.1. The Morgan fingerprint density at radius 1 is 1.11 bits per heavy atom. The molecule has 0 amide bonds. The second kappa shape index (κ2) is 13.7. The molecule has 2 N–H and O–H groups in total. The molecular formula is C22H39N3O2. The van der Waals surface area contributed by atoms with Crippen molar-refractivity contribution in [1.29, 1.82) is 0 Å². The Kier molecular flexibility index (Phi) is 11.9. The average molecular weight is 378 g/mol. The fourth-order valence-electron chi connectivity index (χ4n) is 3.56. The van der Waals surface area contributed by atoms with Crippen LogP contribution in [0.15, 0.2) is 29.5 Å². The molecule has 2 atom stereocenters. The first-order chi connectivity index (χ1) is 13.0. The molecule has 0 saturated heterocycles. The number of nitrogens with zero attached hydrogens (tertiary/aromatic N) is 2. The number of rotatable bonds is 16. The molecule has 5 heteroatoms. The topological polar surface area (TPSA) is 78.5 Å². The largest absolute Gasteiger partial charge is 0.544 e. The zero-order chi connectivity index (χ0) is 20.0. The third-order valence-electron chi connectivity index (χ3n) is 5.32.